The molecule has 1 amide bonds. The van der Waals surface area contributed by atoms with Crippen molar-refractivity contribution in [2.45, 2.75) is 89.1 Å². The summed E-state index contributed by atoms with van der Waals surface area (Å²) >= 11 is 0. The molecule has 7 rings (SSSR count). The van der Waals surface area contributed by atoms with Gasteiger partial charge in [0.15, 0.2) is 5.65 Å². The number of hydrogen-bond donors (Lipinski definition) is 1. The monoisotopic (exact) mass is 595 g/mol. The summed E-state index contributed by atoms with van der Waals surface area (Å²) in [5.41, 5.74) is 8.42. The summed E-state index contributed by atoms with van der Waals surface area (Å²) in [5.74, 6) is 1.97. The predicted octanol–water partition coefficient (Wildman–Crippen LogP) is 6.44. The van der Waals surface area contributed by atoms with E-state index in [9.17, 15) is 4.79 Å². The number of anilines is 1. The Hall–Kier alpha value is -4.18. The molecule has 3 fully saturated rings. The molecule has 10 nitrogen and oxygen atoms in total. The van der Waals surface area contributed by atoms with Crippen molar-refractivity contribution in [2.24, 2.45) is 0 Å². The van der Waals surface area contributed by atoms with Crippen LogP contribution in [0, 0.1) is 0 Å². The number of aromatic nitrogens is 4. The van der Waals surface area contributed by atoms with Crippen LogP contribution in [0.15, 0.2) is 60.9 Å². The SMILES string of the molecule is CC(C)(C)OC(=O)N1C2CCC(N3CCC(n4nc(-c5ccc(Oc6ccccc6)cc5)c5c(N)ncnc54)CC3)C1CC2. The number of hydrogen-bond acceptors (Lipinski definition) is 8. The summed E-state index contributed by atoms with van der Waals surface area (Å²) < 4.78 is 13.9. The van der Waals surface area contributed by atoms with Crippen molar-refractivity contribution in [2.75, 3.05) is 18.8 Å². The standard InChI is InChI=1S/C34H41N7O3/c1-34(2,3)44-33(42)40-23-11-15-27(28(40)16-12-23)39-19-17-24(18-20-39)41-32-29(31(35)36-21-37-32)30(38-41)22-9-13-26(14-10-22)43-25-7-5-4-6-8-25/h4-10,13-14,21,23-24,27-28H,11-12,15-20H2,1-3H3,(H2,35,36,37). The first kappa shape index (κ1) is 28.6. The normalized spacial score (nSPS) is 22.8. The van der Waals surface area contributed by atoms with E-state index in [-0.39, 0.29) is 18.2 Å². The van der Waals surface area contributed by atoms with Gasteiger partial charge in [0.05, 0.1) is 17.5 Å². The summed E-state index contributed by atoms with van der Waals surface area (Å²) in [6.07, 6.45) is 7.55. The molecule has 5 heterocycles. The quantitative estimate of drug-likeness (QED) is 0.281. The lowest BCUT2D eigenvalue weighted by Crippen LogP contribution is -2.58. The van der Waals surface area contributed by atoms with Gasteiger partial charge in [0.25, 0.3) is 0 Å². The van der Waals surface area contributed by atoms with Crippen LogP contribution in [0.3, 0.4) is 0 Å². The Morgan fingerprint density at radius 2 is 1.52 bits per heavy atom. The maximum Gasteiger partial charge on any atom is 0.410 e. The predicted molar refractivity (Wildman–Crippen MR) is 169 cm³/mol. The Bertz CT molecular complexity index is 1620. The van der Waals surface area contributed by atoms with Crippen molar-refractivity contribution in [3.05, 3.63) is 60.9 Å². The largest absolute Gasteiger partial charge is 0.457 e. The highest BCUT2D eigenvalue weighted by Crippen LogP contribution is 2.41. The lowest BCUT2D eigenvalue weighted by atomic mass is 9.93. The third-order valence-corrected chi connectivity index (χ3v) is 9.33. The van der Waals surface area contributed by atoms with Crippen LogP contribution in [0.25, 0.3) is 22.3 Å². The topological polar surface area (TPSA) is 112 Å². The molecule has 3 saturated heterocycles. The molecule has 3 atom stereocenters. The average molecular weight is 596 g/mol. The van der Waals surface area contributed by atoms with E-state index >= 15 is 0 Å². The van der Waals surface area contributed by atoms with E-state index < -0.39 is 5.60 Å². The molecule has 0 saturated carbocycles. The zero-order chi connectivity index (χ0) is 30.4. The third kappa shape index (κ3) is 5.47. The van der Waals surface area contributed by atoms with E-state index in [2.05, 4.69) is 24.4 Å². The second-order valence-electron chi connectivity index (χ2n) is 13.3. The van der Waals surface area contributed by atoms with Crippen molar-refractivity contribution < 1.29 is 14.3 Å². The fraction of sp³-hybridized carbons (Fsp3) is 0.471. The minimum absolute atomic E-state index is 0.156. The zero-order valence-electron chi connectivity index (χ0n) is 25.7. The lowest BCUT2D eigenvalue weighted by molar-refractivity contribution is -0.0156. The number of carbonyl (C=O) groups is 1. The number of ether oxygens (including phenoxy) is 2. The van der Waals surface area contributed by atoms with Crippen molar-refractivity contribution >= 4 is 22.9 Å². The maximum absolute atomic E-state index is 13.2. The number of benzene rings is 2. The molecule has 10 heteroatoms. The van der Waals surface area contributed by atoms with Crippen LogP contribution < -0.4 is 10.5 Å². The van der Waals surface area contributed by atoms with E-state index in [1.54, 1.807) is 0 Å². The Labute approximate surface area is 258 Å². The first-order valence-corrected chi connectivity index (χ1v) is 15.8. The number of piperidine rings is 2. The number of amides is 1. The Balaban J connectivity index is 1.08. The number of nitrogen functional groups attached to an aromatic ring is 1. The van der Waals surface area contributed by atoms with Gasteiger partial charge in [-0.3, -0.25) is 4.90 Å². The first-order chi connectivity index (χ1) is 21.2. The van der Waals surface area contributed by atoms with Gasteiger partial charge in [0.1, 0.15) is 34.9 Å². The molecule has 3 aliphatic rings. The second kappa shape index (κ2) is 11.4. The van der Waals surface area contributed by atoms with Crippen LogP contribution in [0.1, 0.15) is 65.3 Å². The van der Waals surface area contributed by atoms with Crippen LogP contribution in [-0.4, -0.2) is 72.5 Å². The fourth-order valence-electron chi connectivity index (χ4n) is 7.37. The summed E-state index contributed by atoms with van der Waals surface area (Å²) in [7, 11) is 0. The number of nitrogens with two attached hydrogens (primary N) is 1. The van der Waals surface area contributed by atoms with Crippen molar-refractivity contribution in [3.63, 3.8) is 0 Å². The van der Waals surface area contributed by atoms with Crippen LogP contribution in [0.5, 0.6) is 11.5 Å². The summed E-state index contributed by atoms with van der Waals surface area (Å²) in [6.45, 7) is 7.72. The zero-order valence-corrected chi connectivity index (χ0v) is 25.7. The van der Waals surface area contributed by atoms with Crippen molar-refractivity contribution in [1.29, 1.82) is 0 Å². The molecule has 0 aliphatic carbocycles. The number of carbonyl (C=O) groups excluding carboxylic acids is 1. The number of rotatable bonds is 5. The lowest BCUT2D eigenvalue weighted by Gasteiger charge is -2.46. The maximum atomic E-state index is 13.2. The van der Waals surface area contributed by atoms with Gasteiger partial charge in [-0.25, -0.2) is 19.4 Å². The molecule has 3 unspecified atom stereocenters. The highest BCUT2D eigenvalue weighted by Gasteiger charge is 2.48. The minimum atomic E-state index is -0.488. The molecule has 2 aromatic heterocycles. The molecule has 2 N–H and O–H groups in total. The van der Waals surface area contributed by atoms with Gasteiger partial charge in [-0.2, -0.15) is 5.10 Å². The average Bonchev–Trinajstić information content (AvgIpc) is 3.55. The molecule has 4 aromatic rings. The summed E-state index contributed by atoms with van der Waals surface area (Å²) in [5, 5.41) is 5.89. The first-order valence-electron chi connectivity index (χ1n) is 15.8. The molecular weight excluding hydrogens is 554 g/mol. The van der Waals surface area contributed by atoms with Gasteiger partial charge in [0, 0.05) is 30.7 Å². The van der Waals surface area contributed by atoms with Gasteiger partial charge in [-0.05, 0) is 95.7 Å². The molecule has 44 heavy (non-hydrogen) atoms. The number of likely N-dealkylation sites (tertiary alicyclic amines) is 1. The molecule has 2 bridgehead atoms. The van der Waals surface area contributed by atoms with Gasteiger partial charge in [0.2, 0.25) is 0 Å². The number of para-hydroxylation sites is 1. The van der Waals surface area contributed by atoms with Crippen LogP contribution in [0.4, 0.5) is 10.6 Å². The fourth-order valence-corrected chi connectivity index (χ4v) is 7.37. The highest BCUT2D eigenvalue weighted by molar-refractivity contribution is 5.98. The van der Waals surface area contributed by atoms with E-state index in [4.69, 9.17) is 20.3 Å². The second-order valence-corrected chi connectivity index (χ2v) is 13.3. The third-order valence-electron chi connectivity index (χ3n) is 9.33. The van der Waals surface area contributed by atoms with E-state index in [1.165, 1.54) is 6.33 Å². The summed E-state index contributed by atoms with van der Waals surface area (Å²) in [4.78, 5) is 26.8. The highest BCUT2D eigenvalue weighted by atomic mass is 16.6. The van der Waals surface area contributed by atoms with Crippen molar-refractivity contribution in [1.82, 2.24) is 29.5 Å². The molecule has 230 valence electrons. The van der Waals surface area contributed by atoms with Crippen LogP contribution in [0.2, 0.25) is 0 Å². The molecule has 0 spiro atoms. The van der Waals surface area contributed by atoms with Gasteiger partial charge in [-0.15, -0.1) is 0 Å². The van der Waals surface area contributed by atoms with Gasteiger partial charge >= 0.3 is 6.09 Å². The molecule has 2 aromatic carbocycles. The molecule has 3 aliphatic heterocycles. The summed E-state index contributed by atoms with van der Waals surface area (Å²) in [6, 6.07) is 18.7. The van der Waals surface area contributed by atoms with Gasteiger partial charge < -0.3 is 20.1 Å². The van der Waals surface area contributed by atoms with Crippen molar-refractivity contribution in [3.8, 4) is 22.8 Å². The van der Waals surface area contributed by atoms with E-state index in [0.29, 0.717) is 17.9 Å². The number of fused-ring (bicyclic) bond motifs is 3. The number of nitrogens with zero attached hydrogens (tertiary/aromatic N) is 6. The van der Waals surface area contributed by atoms with Gasteiger partial charge in [-0.1, -0.05) is 18.2 Å². The minimum Gasteiger partial charge on any atom is -0.457 e. The van der Waals surface area contributed by atoms with Crippen LogP contribution in [-0.2, 0) is 4.74 Å². The Kier molecular flexibility index (Phi) is 7.40. The Morgan fingerprint density at radius 3 is 2.23 bits per heavy atom. The molecular formula is C34H41N7O3. The van der Waals surface area contributed by atoms with E-state index in [0.717, 1.165) is 85.4 Å². The van der Waals surface area contributed by atoms with E-state index in [1.807, 2.05) is 75.4 Å². The smallest absolute Gasteiger partial charge is 0.410 e. The Morgan fingerprint density at radius 1 is 0.841 bits per heavy atom. The van der Waals surface area contributed by atoms with Crippen LogP contribution >= 0.6 is 0 Å². The molecule has 0 radical (unpaired) electrons.